The number of hydrogen-bond acceptors (Lipinski definition) is 4. The van der Waals surface area contributed by atoms with Crippen LogP contribution in [0.1, 0.15) is 19.0 Å². The molecule has 2 aromatic heterocycles. The summed E-state index contributed by atoms with van der Waals surface area (Å²) in [6, 6.07) is 8.65. The third-order valence-corrected chi connectivity index (χ3v) is 3.92. The summed E-state index contributed by atoms with van der Waals surface area (Å²) in [5.74, 6) is 1.00. The Hall–Kier alpha value is -3.02. The molecule has 0 saturated heterocycles. The largest absolute Gasteiger partial charge is 0.497 e. The van der Waals surface area contributed by atoms with Gasteiger partial charge in [0.2, 0.25) is 5.43 Å². The molecule has 25 heavy (non-hydrogen) atoms. The summed E-state index contributed by atoms with van der Waals surface area (Å²) in [6.07, 6.45) is 4.09. The average molecular weight is 340 g/mol. The Kier molecular flexibility index (Phi) is 4.88. The van der Waals surface area contributed by atoms with E-state index in [9.17, 15) is 9.59 Å². The molecule has 1 N–H and O–H groups in total. The summed E-state index contributed by atoms with van der Waals surface area (Å²) in [7, 11) is 1.59. The van der Waals surface area contributed by atoms with Crippen molar-refractivity contribution in [2.75, 3.05) is 13.7 Å². The third-order valence-electron chi connectivity index (χ3n) is 3.92. The average Bonchev–Trinajstić information content (AvgIpc) is 2.63. The number of aromatic amines is 1. The van der Waals surface area contributed by atoms with Crippen LogP contribution in [0.25, 0.3) is 10.8 Å². The van der Waals surface area contributed by atoms with Crippen molar-refractivity contribution in [1.82, 2.24) is 9.55 Å². The van der Waals surface area contributed by atoms with Crippen LogP contribution in [0, 0.1) is 0 Å². The minimum absolute atomic E-state index is 0.118. The number of fused-ring (bicyclic) bond motifs is 1. The van der Waals surface area contributed by atoms with E-state index >= 15 is 0 Å². The topological polar surface area (TPSA) is 73.3 Å². The fourth-order valence-corrected chi connectivity index (χ4v) is 2.62. The molecule has 1 aromatic carbocycles. The van der Waals surface area contributed by atoms with Crippen molar-refractivity contribution in [1.29, 1.82) is 0 Å². The van der Waals surface area contributed by atoms with Gasteiger partial charge in [-0.3, -0.25) is 9.59 Å². The first kappa shape index (κ1) is 16.8. The SMILES string of the molecule is CCCOc1c[nH]c(Cn2ccc3cc(OC)ccc3c2=O)cc1=O. The van der Waals surface area contributed by atoms with Crippen LogP contribution in [0.3, 0.4) is 0 Å². The zero-order chi connectivity index (χ0) is 17.8. The highest BCUT2D eigenvalue weighted by Crippen LogP contribution is 2.18. The number of nitrogens with zero attached hydrogens (tertiary/aromatic N) is 1. The summed E-state index contributed by atoms with van der Waals surface area (Å²) in [4.78, 5) is 27.7. The number of aromatic nitrogens is 2. The molecule has 0 bridgehead atoms. The van der Waals surface area contributed by atoms with Crippen molar-refractivity contribution < 1.29 is 9.47 Å². The Balaban J connectivity index is 1.90. The Morgan fingerprint density at radius 3 is 2.72 bits per heavy atom. The predicted molar refractivity (Wildman–Crippen MR) is 96.7 cm³/mol. The Morgan fingerprint density at radius 1 is 1.16 bits per heavy atom. The van der Waals surface area contributed by atoms with Crippen molar-refractivity contribution in [3.63, 3.8) is 0 Å². The van der Waals surface area contributed by atoms with Gasteiger partial charge in [-0.15, -0.1) is 0 Å². The van der Waals surface area contributed by atoms with E-state index in [0.717, 1.165) is 11.8 Å². The maximum atomic E-state index is 12.6. The van der Waals surface area contributed by atoms with Crippen molar-refractivity contribution in [3.05, 3.63) is 69.0 Å². The molecule has 0 amide bonds. The molecule has 0 aliphatic heterocycles. The van der Waals surface area contributed by atoms with Crippen LogP contribution < -0.4 is 20.5 Å². The summed E-state index contributed by atoms with van der Waals surface area (Å²) in [5, 5.41) is 1.42. The highest BCUT2D eigenvalue weighted by molar-refractivity contribution is 5.82. The van der Waals surface area contributed by atoms with Gasteiger partial charge < -0.3 is 19.0 Å². The molecule has 0 spiro atoms. The van der Waals surface area contributed by atoms with Crippen LogP contribution in [0.15, 0.2) is 52.3 Å². The third kappa shape index (κ3) is 3.57. The van der Waals surface area contributed by atoms with E-state index in [2.05, 4.69) is 4.98 Å². The summed E-state index contributed by atoms with van der Waals surface area (Å²) in [5.41, 5.74) is 0.330. The quantitative estimate of drug-likeness (QED) is 0.748. The molecule has 130 valence electrons. The smallest absolute Gasteiger partial charge is 0.258 e. The zero-order valence-corrected chi connectivity index (χ0v) is 14.2. The lowest BCUT2D eigenvalue weighted by Gasteiger charge is -2.09. The van der Waals surface area contributed by atoms with E-state index in [0.29, 0.717) is 29.2 Å². The van der Waals surface area contributed by atoms with E-state index in [1.54, 1.807) is 36.2 Å². The van der Waals surface area contributed by atoms with E-state index in [4.69, 9.17) is 9.47 Å². The molecule has 0 aliphatic rings. The monoisotopic (exact) mass is 340 g/mol. The molecule has 3 aromatic rings. The molecule has 3 rings (SSSR count). The highest BCUT2D eigenvalue weighted by atomic mass is 16.5. The lowest BCUT2D eigenvalue weighted by atomic mass is 10.1. The molecule has 0 saturated carbocycles. The van der Waals surface area contributed by atoms with Crippen LogP contribution in [-0.2, 0) is 6.54 Å². The molecule has 6 heteroatoms. The van der Waals surface area contributed by atoms with Crippen molar-refractivity contribution >= 4 is 10.8 Å². The first-order chi connectivity index (χ1) is 12.1. The number of nitrogens with one attached hydrogen (secondary N) is 1. The summed E-state index contributed by atoms with van der Waals surface area (Å²) >= 11 is 0. The molecule has 0 atom stereocenters. The van der Waals surface area contributed by atoms with Gasteiger partial charge in [0.1, 0.15) is 5.75 Å². The Morgan fingerprint density at radius 2 is 2.00 bits per heavy atom. The zero-order valence-electron chi connectivity index (χ0n) is 14.2. The van der Waals surface area contributed by atoms with E-state index in [-0.39, 0.29) is 17.5 Å². The number of hydrogen-bond donors (Lipinski definition) is 1. The molecule has 0 fully saturated rings. The predicted octanol–water partition coefficient (Wildman–Crippen LogP) is 2.54. The molecular weight excluding hydrogens is 320 g/mol. The number of H-pyrrole nitrogens is 1. The lowest BCUT2D eigenvalue weighted by molar-refractivity contribution is 0.313. The van der Waals surface area contributed by atoms with Crippen molar-refractivity contribution in [2.24, 2.45) is 0 Å². The van der Waals surface area contributed by atoms with Gasteiger partial charge in [0, 0.05) is 29.5 Å². The molecule has 2 heterocycles. The lowest BCUT2D eigenvalue weighted by Crippen LogP contribution is -2.21. The van der Waals surface area contributed by atoms with Gasteiger partial charge in [-0.05, 0) is 36.1 Å². The van der Waals surface area contributed by atoms with Gasteiger partial charge in [-0.2, -0.15) is 0 Å². The standard InChI is InChI=1S/C19H20N2O4/c1-3-8-25-18-11-20-14(10-17(18)22)12-21-7-6-13-9-15(24-2)4-5-16(13)19(21)23/h4-7,9-11H,3,8,12H2,1-2H3,(H,20,22). The van der Waals surface area contributed by atoms with Gasteiger partial charge in [0.05, 0.1) is 20.3 Å². The number of ether oxygens (including phenoxy) is 2. The number of pyridine rings is 2. The number of methoxy groups -OCH3 is 1. The molecular formula is C19H20N2O4. The first-order valence-corrected chi connectivity index (χ1v) is 8.14. The molecule has 0 radical (unpaired) electrons. The second kappa shape index (κ2) is 7.25. The summed E-state index contributed by atoms with van der Waals surface area (Å²) in [6.45, 7) is 2.75. The van der Waals surface area contributed by atoms with Crippen molar-refractivity contribution in [2.45, 2.75) is 19.9 Å². The Bertz CT molecular complexity index is 1000. The molecule has 6 nitrogen and oxygen atoms in total. The van der Waals surface area contributed by atoms with Gasteiger partial charge in [0.15, 0.2) is 5.75 Å². The minimum atomic E-state index is -0.194. The fraction of sp³-hybridized carbons (Fsp3) is 0.263. The number of rotatable bonds is 6. The van der Waals surface area contributed by atoms with Gasteiger partial charge in [-0.25, -0.2) is 0 Å². The van der Waals surface area contributed by atoms with Crippen LogP contribution in [0.2, 0.25) is 0 Å². The first-order valence-electron chi connectivity index (χ1n) is 8.14. The Labute approximate surface area is 144 Å². The van der Waals surface area contributed by atoms with Crippen LogP contribution >= 0.6 is 0 Å². The second-order valence-electron chi connectivity index (χ2n) is 5.74. The maximum absolute atomic E-state index is 12.6. The highest BCUT2D eigenvalue weighted by Gasteiger charge is 2.07. The van der Waals surface area contributed by atoms with E-state index < -0.39 is 0 Å². The van der Waals surface area contributed by atoms with Crippen LogP contribution in [0.5, 0.6) is 11.5 Å². The van der Waals surface area contributed by atoms with Crippen LogP contribution in [-0.4, -0.2) is 23.3 Å². The normalized spacial score (nSPS) is 10.8. The van der Waals surface area contributed by atoms with Gasteiger partial charge in [0.25, 0.3) is 5.56 Å². The second-order valence-corrected chi connectivity index (χ2v) is 5.74. The van der Waals surface area contributed by atoms with Crippen LogP contribution in [0.4, 0.5) is 0 Å². The molecule has 0 aliphatic carbocycles. The summed E-state index contributed by atoms with van der Waals surface area (Å²) < 4.78 is 12.1. The van der Waals surface area contributed by atoms with E-state index in [1.165, 1.54) is 6.07 Å². The minimum Gasteiger partial charge on any atom is -0.497 e. The van der Waals surface area contributed by atoms with E-state index in [1.807, 2.05) is 19.1 Å². The van der Waals surface area contributed by atoms with Crippen molar-refractivity contribution in [3.8, 4) is 11.5 Å². The number of benzene rings is 1. The van der Waals surface area contributed by atoms with Gasteiger partial charge >= 0.3 is 0 Å². The fourth-order valence-electron chi connectivity index (χ4n) is 2.62. The molecule has 0 unspecified atom stereocenters. The van der Waals surface area contributed by atoms with Gasteiger partial charge in [-0.1, -0.05) is 6.92 Å². The maximum Gasteiger partial charge on any atom is 0.258 e.